The highest BCUT2D eigenvalue weighted by molar-refractivity contribution is 7.47. The van der Waals surface area contributed by atoms with E-state index in [0.29, 0.717) is 25.7 Å². The molecule has 3 N–H and O–H groups in total. The first-order chi connectivity index (χ1) is 48.2. The van der Waals surface area contributed by atoms with Crippen LogP contribution in [0.25, 0.3) is 0 Å². The number of esters is 4. The van der Waals surface area contributed by atoms with Gasteiger partial charge in [-0.1, -0.05) is 370 Å². The Balaban J connectivity index is 5.23. The van der Waals surface area contributed by atoms with Gasteiger partial charge in [-0.05, 0) is 43.4 Å². The molecule has 0 amide bonds. The van der Waals surface area contributed by atoms with Crippen LogP contribution in [0.3, 0.4) is 0 Å². The summed E-state index contributed by atoms with van der Waals surface area (Å²) in [6, 6.07) is 0. The molecule has 0 aromatic carbocycles. The zero-order valence-corrected chi connectivity index (χ0v) is 67.5. The molecule has 0 aromatic heterocycles. The Bertz CT molecular complexity index is 1940. The lowest BCUT2D eigenvalue weighted by Crippen LogP contribution is -2.30. The maximum Gasteiger partial charge on any atom is 0.472 e. The molecule has 0 saturated heterocycles. The normalized spacial score (nSPS) is 14.0. The van der Waals surface area contributed by atoms with E-state index in [-0.39, 0.29) is 25.7 Å². The Morgan fingerprint density at radius 1 is 0.270 bits per heavy atom. The molecule has 0 bridgehead atoms. The number of hydrogen-bond donors (Lipinski definition) is 3. The Kier molecular flexibility index (Phi) is 69.9. The Hall–Kier alpha value is -1.94. The van der Waals surface area contributed by atoms with Crippen molar-refractivity contribution in [3.8, 4) is 0 Å². The lowest BCUT2D eigenvalue weighted by atomic mass is 10.0. The first kappa shape index (κ1) is 98.1. The van der Waals surface area contributed by atoms with E-state index in [1.54, 1.807) is 0 Å². The summed E-state index contributed by atoms with van der Waals surface area (Å²) in [6.45, 7) is 12.0. The molecule has 19 heteroatoms. The van der Waals surface area contributed by atoms with Crippen molar-refractivity contribution < 1.29 is 80.2 Å². The molecule has 0 aliphatic rings. The van der Waals surface area contributed by atoms with E-state index in [1.807, 2.05) is 0 Å². The molecule has 0 aromatic rings. The van der Waals surface area contributed by atoms with Gasteiger partial charge in [-0.15, -0.1) is 0 Å². The van der Waals surface area contributed by atoms with Gasteiger partial charge < -0.3 is 33.8 Å². The minimum absolute atomic E-state index is 0.107. The number of carbonyl (C=O) groups is 4. The summed E-state index contributed by atoms with van der Waals surface area (Å²) in [5, 5.41) is 10.6. The van der Waals surface area contributed by atoms with E-state index in [0.717, 1.165) is 108 Å². The van der Waals surface area contributed by atoms with Crippen LogP contribution in [0, 0.1) is 17.8 Å². The molecule has 594 valence electrons. The van der Waals surface area contributed by atoms with Crippen LogP contribution in [0.4, 0.5) is 0 Å². The summed E-state index contributed by atoms with van der Waals surface area (Å²) >= 11 is 0. The number of carbonyl (C=O) groups excluding carboxylic acids is 4. The van der Waals surface area contributed by atoms with E-state index in [9.17, 15) is 43.2 Å². The van der Waals surface area contributed by atoms with Crippen LogP contribution in [0.5, 0.6) is 0 Å². The number of hydrogen-bond acceptors (Lipinski definition) is 15. The van der Waals surface area contributed by atoms with Gasteiger partial charge in [0.15, 0.2) is 12.2 Å². The molecule has 2 unspecified atom stereocenters. The second-order valence-corrected chi connectivity index (χ2v) is 33.5. The van der Waals surface area contributed by atoms with Crippen molar-refractivity contribution in [2.24, 2.45) is 17.8 Å². The van der Waals surface area contributed by atoms with Gasteiger partial charge in [-0.25, -0.2) is 9.13 Å². The summed E-state index contributed by atoms with van der Waals surface area (Å²) in [5.74, 6) is 0.218. The smallest absolute Gasteiger partial charge is 0.462 e. The highest BCUT2D eigenvalue weighted by Crippen LogP contribution is 2.45. The second kappa shape index (κ2) is 71.3. The van der Waals surface area contributed by atoms with E-state index >= 15 is 0 Å². The molecule has 0 aliphatic carbocycles. The molecule has 0 aliphatic heterocycles. The number of aliphatic hydroxyl groups is 1. The van der Waals surface area contributed by atoms with Crippen LogP contribution < -0.4 is 0 Å². The van der Waals surface area contributed by atoms with Crippen LogP contribution >= 0.6 is 15.6 Å². The third-order valence-corrected chi connectivity index (χ3v) is 20.8. The van der Waals surface area contributed by atoms with E-state index in [2.05, 4.69) is 48.5 Å². The zero-order chi connectivity index (χ0) is 73.7. The lowest BCUT2D eigenvalue weighted by Gasteiger charge is -2.21. The van der Waals surface area contributed by atoms with Crippen molar-refractivity contribution in [3.05, 3.63) is 0 Å². The number of ether oxygens (including phenoxy) is 4. The monoisotopic (exact) mass is 1470 g/mol. The molecule has 0 rings (SSSR count). The van der Waals surface area contributed by atoms with Gasteiger partial charge in [0.2, 0.25) is 0 Å². The standard InChI is InChI=1S/C81H158O17P2/c1-8-9-10-11-12-13-14-21-29-34-43-50-57-64-80(85)98-77(69-92-79(84)63-56-49-42-37-36-40-47-54-61-74(6)7)71-96-100(89,90)94-67-75(82)66-93-99(87,88)95-70-76(68-91-78(83)62-55-48-41-33-28-25-24-27-32-39-46-53-60-73(4)5)97-81(86)65-58-51-44-35-30-23-20-18-16-15-17-19-22-26-31-38-45-52-59-72(2)3/h72-77,82H,8-71H2,1-7H3,(H,87,88)(H,89,90)/t75-,76-,77-/m1/s1. The molecular formula is C81H158O17P2. The third kappa shape index (κ3) is 74.3. The summed E-state index contributed by atoms with van der Waals surface area (Å²) < 4.78 is 68.7. The SMILES string of the molecule is CCCCCCCCCCCCCCCC(=O)O[C@H](COC(=O)CCCCCCCCCCC(C)C)COP(=O)(O)OC[C@H](O)COP(=O)(O)OC[C@@H](COC(=O)CCCCCCCCCCCCCCC(C)C)OC(=O)CCCCCCCCCCCCCCCCCCCCC(C)C. The van der Waals surface area contributed by atoms with Crippen LogP contribution in [0.1, 0.15) is 421 Å². The Morgan fingerprint density at radius 3 is 0.680 bits per heavy atom. The van der Waals surface area contributed by atoms with Crippen LogP contribution in [-0.4, -0.2) is 96.7 Å². The first-order valence-corrected chi connectivity index (χ1v) is 44.8. The van der Waals surface area contributed by atoms with E-state index < -0.39 is 97.5 Å². The van der Waals surface area contributed by atoms with Gasteiger partial charge in [0, 0.05) is 25.7 Å². The molecule has 0 radical (unpaired) electrons. The fourth-order valence-corrected chi connectivity index (χ4v) is 14.1. The fraction of sp³-hybridized carbons (Fsp3) is 0.951. The quantitative estimate of drug-likeness (QED) is 0.0222. The molecule has 100 heavy (non-hydrogen) atoms. The predicted molar refractivity (Wildman–Crippen MR) is 409 cm³/mol. The average Bonchev–Trinajstić information content (AvgIpc) is 0.928. The summed E-state index contributed by atoms with van der Waals surface area (Å²) in [4.78, 5) is 73.0. The fourth-order valence-electron chi connectivity index (χ4n) is 12.5. The van der Waals surface area contributed by atoms with Crippen molar-refractivity contribution in [3.63, 3.8) is 0 Å². The molecule has 5 atom stereocenters. The van der Waals surface area contributed by atoms with Gasteiger partial charge in [-0.2, -0.15) is 0 Å². The molecule has 0 saturated carbocycles. The highest BCUT2D eigenvalue weighted by atomic mass is 31.2. The second-order valence-electron chi connectivity index (χ2n) is 30.6. The molecule has 0 spiro atoms. The van der Waals surface area contributed by atoms with E-state index in [4.69, 9.17) is 37.0 Å². The topological polar surface area (TPSA) is 237 Å². The van der Waals surface area contributed by atoms with Crippen molar-refractivity contribution in [1.82, 2.24) is 0 Å². The average molecular weight is 1470 g/mol. The van der Waals surface area contributed by atoms with Crippen molar-refractivity contribution in [2.75, 3.05) is 39.6 Å². The van der Waals surface area contributed by atoms with Gasteiger partial charge in [0.1, 0.15) is 19.3 Å². The largest absolute Gasteiger partial charge is 0.472 e. The number of phosphoric acid groups is 2. The third-order valence-electron chi connectivity index (χ3n) is 18.9. The highest BCUT2D eigenvalue weighted by Gasteiger charge is 2.30. The minimum Gasteiger partial charge on any atom is -0.462 e. The number of rotatable bonds is 79. The molecule has 17 nitrogen and oxygen atoms in total. The summed E-state index contributed by atoms with van der Waals surface area (Å²) in [7, 11) is -9.92. The van der Waals surface area contributed by atoms with Crippen LogP contribution in [-0.2, 0) is 65.4 Å². The predicted octanol–water partition coefficient (Wildman–Crippen LogP) is 24.1. The van der Waals surface area contributed by atoms with Crippen molar-refractivity contribution >= 4 is 39.5 Å². The van der Waals surface area contributed by atoms with Gasteiger partial charge in [0.05, 0.1) is 26.4 Å². The molecular weight excluding hydrogens is 1310 g/mol. The van der Waals surface area contributed by atoms with Gasteiger partial charge in [0.25, 0.3) is 0 Å². The molecule has 0 fully saturated rings. The maximum atomic E-state index is 13.1. The number of phosphoric ester groups is 2. The van der Waals surface area contributed by atoms with Gasteiger partial charge in [-0.3, -0.25) is 37.3 Å². The van der Waals surface area contributed by atoms with Crippen LogP contribution in [0.2, 0.25) is 0 Å². The molecule has 0 heterocycles. The summed E-state index contributed by atoms with van der Waals surface area (Å²) in [6.07, 6.45) is 59.7. The first-order valence-electron chi connectivity index (χ1n) is 41.8. The van der Waals surface area contributed by atoms with Crippen LogP contribution in [0.15, 0.2) is 0 Å². The minimum atomic E-state index is -4.96. The maximum absolute atomic E-state index is 13.1. The summed E-state index contributed by atoms with van der Waals surface area (Å²) in [5.41, 5.74) is 0. The number of unbranched alkanes of at least 4 members (excludes halogenated alkanes) is 47. The lowest BCUT2D eigenvalue weighted by molar-refractivity contribution is -0.161. The van der Waals surface area contributed by atoms with Crippen molar-refractivity contribution in [2.45, 2.75) is 439 Å². The zero-order valence-electron chi connectivity index (χ0n) is 65.7. The van der Waals surface area contributed by atoms with Crippen molar-refractivity contribution in [1.29, 1.82) is 0 Å². The van der Waals surface area contributed by atoms with E-state index in [1.165, 1.54) is 231 Å². The van der Waals surface area contributed by atoms with Gasteiger partial charge >= 0.3 is 39.5 Å². The Morgan fingerprint density at radius 2 is 0.460 bits per heavy atom. The number of aliphatic hydroxyl groups excluding tert-OH is 1. The Labute approximate surface area is 613 Å².